The van der Waals surface area contributed by atoms with Gasteiger partial charge in [0.1, 0.15) is 0 Å². The molecule has 19 heavy (non-hydrogen) atoms. The van der Waals surface area contributed by atoms with Crippen molar-refractivity contribution in [3.63, 3.8) is 0 Å². The number of carbonyl (C=O) groups is 1. The van der Waals surface area contributed by atoms with Crippen molar-refractivity contribution in [3.8, 4) is 0 Å². The number of nitrogens with zero attached hydrogens (tertiary/aromatic N) is 1. The first kappa shape index (κ1) is 13.9. The Balaban J connectivity index is 2.03. The number of hydrogen-bond acceptors (Lipinski definition) is 2. The largest absolute Gasteiger partial charge is 0.380 e. The fraction of sp³-hybridized carbons (Fsp3) is 0.562. The van der Waals surface area contributed by atoms with E-state index in [0.29, 0.717) is 6.04 Å². The molecule has 2 rings (SSSR count). The first-order chi connectivity index (χ1) is 8.86. The van der Waals surface area contributed by atoms with E-state index in [0.717, 1.165) is 25.2 Å². The van der Waals surface area contributed by atoms with Gasteiger partial charge in [-0.1, -0.05) is 32.9 Å². The van der Waals surface area contributed by atoms with Gasteiger partial charge in [-0.3, -0.25) is 4.79 Å². The van der Waals surface area contributed by atoms with E-state index in [2.05, 4.69) is 50.4 Å². The third-order valence-corrected chi connectivity index (χ3v) is 3.73. The van der Waals surface area contributed by atoms with Crippen LogP contribution in [0.2, 0.25) is 0 Å². The fourth-order valence-corrected chi connectivity index (χ4v) is 2.48. The molecule has 0 unspecified atom stereocenters. The molecule has 0 spiro atoms. The molecule has 0 radical (unpaired) electrons. The minimum atomic E-state index is 0.165. The quantitative estimate of drug-likeness (QED) is 0.886. The molecule has 1 aliphatic heterocycles. The summed E-state index contributed by atoms with van der Waals surface area (Å²) < 4.78 is 0. The van der Waals surface area contributed by atoms with E-state index in [4.69, 9.17) is 0 Å². The first-order valence-electron chi connectivity index (χ1n) is 6.99. The molecule has 1 aromatic rings. The topological polar surface area (TPSA) is 32.3 Å². The summed E-state index contributed by atoms with van der Waals surface area (Å²) in [6.07, 6.45) is 1.03. The van der Waals surface area contributed by atoms with Crippen molar-refractivity contribution in [1.82, 2.24) is 4.90 Å². The van der Waals surface area contributed by atoms with Crippen LogP contribution in [0.5, 0.6) is 0 Å². The Kier molecular flexibility index (Phi) is 3.83. The molecular formula is C16H24N2O. The second-order valence-electron chi connectivity index (χ2n) is 6.43. The van der Waals surface area contributed by atoms with Crippen molar-refractivity contribution in [1.29, 1.82) is 0 Å². The third kappa shape index (κ3) is 3.49. The molecule has 0 bridgehead atoms. The summed E-state index contributed by atoms with van der Waals surface area (Å²) in [5.74, 6) is 0.174. The lowest BCUT2D eigenvalue weighted by Gasteiger charge is -2.21. The van der Waals surface area contributed by atoms with Crippen LogP contribution in [-0.4, -0.2) is 29.9 Å². The van der Waals surface area contributed by atoms with Crippen molar-refractivity contribution in [3.05, 3.63) is 29.8 Å². The van der Waals surface area contributed by atoms with Crippen LogP contribution in [0.3, 0.4) is 0 Å². The van der Waals surface area contributed by atoms with Gasteiger partial charge in [-0.05, 0) is 29.5 Å². The lowest BCUT2D eigenvalue weighted by Crippen LogP contribution is -2.29. The van der Waals surface area contributed by atoms with Crippen molar-refractivity contribution < 1.29 is 4.79 Å². The highest BCUT2D eigenvalue weighted by Crippen LogP contribution is 2.25. The zero-order valence-electron chi connectivity index (χ0n) is 12.4. The summed E-state index contributed by atoms with van der Waals surface area (Å²) in [5.41, 5.74) is 2.65. The Morgan fingerprint density at radius 2 is 2.11 bits per heavy atom. The molecule has 0 saturated carbocycles. The van der Waals surface area contributed by atoms with Gasteiger partial charge in [0.15, 0.2) is 0 Å². The van der Waals surface area contributed by atoms with Crippen molar-refractivity contribution in [2.45, 2.75) is 45.6 Å². The number of nitrogens with one attached hydrogen (secondary N) is 1. The molecular weight excluding hydrogens is 236 g/mol. The fourth-order valence-electron chi connectivity index (χ4n) is 2.48. The molecule has 1 amide bonds. The summed E-state index contributed by atoms with van der Waals surface area (Å²) in [6, 6.07) is 8.96. The van der Waals surface area contributed by atoms with Crippen LogP contribution < -0.4 is 5.32 Å². The van der Waals surface area contributed by atoms with Crippen LogP contribution in [0.1, 0.15) is 39.7 Å². The molecule has 1 N–H and O–H groups in total. The van der Waals surface area contributed by atoms with E-state index in [9.17, 15) is 4.79 Å². The van der Waals surface area contributed by atoms with Crippen LogP contribution in [0.25, 0.3) is 0 Å². The molecule has 1 saturated heterocycles. The number of hydrogen-bond donors (Lipinski definition) is 1. The summed E-state index contributed by atoms with van der Waals surface area (Å²) in [7, 11) is 0. The van der Waals surface area contributed by atoms with Gasteiger partial charge < -0.3 is 10.2 Å². The van der Waals surface area contributed by atoms with Crippen LogP contribution in [-0.2, 0) is 10.2 Å². The lowest BCUT2D eigenvalue weighted by molar-refractivity contribution is -0.127. The maximum atomic E-state index is 11.3. The Bertz CT molecular complexity index is 462. The van der Waals surface area contributed by atoms with Gasteiger partial charge in [-0.2, -0.15) is 0 Å². The molecule has 1 aromatic carbocycles. The lowest BCUT2D eigenvalue weighted by atomic mass is 9.87. The Labute approximate surface area is 116 Å². The summed E-state index contributed by atoms with van der Waals surface area (Å²) >= 11 is 0. The van der Waals surface area contributed by atoms with E-state index in [1.165, 1.54) is 5.56 Å². The highest BCUT2D eigenvalue weighted by Gasteiger charge is 2.24. The van der Waals surface area contributed by atoms with Crippen molar-refractivity contribution in [2.75, 3.05) is 18.4 Å². The zero-order valence-corrected chi connectivity index (χ0v) is 12.4. The van der Waals surface area contributed by atoms with E-state index < -0.39 is 0 Å². The normalized spacial score (nSPS) is 19.6. The van der Waals surface area contributed by atoms with E-state index in [1.807, 2.05) is 4.90 Å². The average Bonchev–Trinajstić information content (AvgIpc) is 2.77. The second-order valence-corrected chi connectivity index (χ2v) is 6.43. The molecule has 3 heteroatoms. The molecule has 1 aliphatic rings. The van der Waals surface area contributed by atoms with E-state index >= 15 is 0 Å². The molecule has 0 aromatic heterocycles. The van der Waals surface area contributed by atoms with Gasteiger partial charge in [0.05, 0.1) is 0 Å². The number of benzene rings is 1. The standard InChI is InChI=1S/C16H24N2O/c1-12(19)18-9-8-15(11-18)17-14-7-5-6-13(10-14)16(2,3)4/h5-7,10,15,17H,8-9,11H2,1-4H3/t15-/m1/s1. The summed E-state index contributed by atoms with van der Waals surface area (Å²) in [4.78, 5) is 13.2. The first-order valence-corrected chi connectivity index (χ1v) is 6.99. The molecule has 1 atom stereocenters. The van der Waals surface area contributed by atoms with Gasteiger partial charge in [0.25, 0.3) is 0 Å². The van der Waals surface area contributed by atoms with Crippen LogP contribution in [0.4, 0.5) is 5.69 Å². The Morgan fingerprint density at radius 1 is 1.37 bits per heavy atom. The highest BCUT2D eigenvalue weighted by atomic mass is 16.2. The number of likely N-dealkylation sites (tertiary alicyclic amines) is 1. The van der Waals surface area contributed by atoms with Crippen molar-refractivity contribution in [2.24, 2.45) is 0 Å². The second kappa shape index (κ2) is 5.24. The van der Waals surface area contributed by atoms with E-state index in [1.54, 1.807) is 6.92 Å². The van der Waals surface area contributed by atoms with Crippen molar-refractivity contribution >= 4 is 11.6 Å². The maximum Gasteiger partial charge on any atom is 0.219 e. The highest BCUT2D eigenvalue weighted by molar-refractivity contribution is 5.73. The predicted molar refractivity (Wildman–Crippen MR) is 79.4 cm³/mol. The SMILES string of the molecule is CC(=O)N1CC[C@@H](Nc2cccc(C(C)(C)C)c2)C1. The van der Waals surface area contributed by atoms with Gasteiger partial charge in [-0.25, -0.2) is 0 Å². The Morgan fingerprint density at radius 3 is 2.68 bits per heavy atom. The minimum Gasteiger partial charge on any atom is -0.380 e. The summed E-state index contributed by atoms with van der Waals surface area (Å²) in [5, 5.41) is 3.54. The number of amides is 1. The van der Waals surface area contributed by atoms with Crippen LogP contribution in [0.15, 0.2) is 24.3 Å². The number of rotatable bonds is 2. The van der Waals surface area contributed by atoms with Gasteiger partial charge in [0.2, 0.25) is 5.91 Å². The minimum absolute atomic E-state index is 0.165. The van der Waals surface area contributed by atoms with Crippen LogP contribution >= 0.6 is 0 Å². The van der Waals surface area contributed by atoms with Gasteiger partial charge >= 0.3 is 0 Å². The molecule has 104 valence electrons. The Hall–Kier alpha value is -1.51. The number of carbonyl (C=O) groups excluding carboxylic acids is 1. The third-order valence-electron chi connectivity index (χ3n) is 3.73. The molecule has 1 fully saturated rings. The predicted octanol–water partition coefficient (Wildman–Crippen LogP) is 3.02. The zero-order chi connectivity index (χ0) is 14.0. The van der Waals surface area contributed by atoms with Gasteiger partial charge in [-0.15, -0.1) is 0 Å². The van der Waals surface area contributed by atoms with Crippen LogP contribution in [0, 0.1) is 0 Å². The molecule has 0 aliphatic carbocycles. The maximum absolute atomic E-state index is 11.3. The van der Waals surface area contributed by atoms with Gasteiger partial charge in [0, 0.05) is 31.7 Å². The molecule has 3 nitrogen and oxygen atoms in total. The smallest absolute Gasteiger partial charge is 0.219 e. The molecule has 1 heterocycles. The average molecular weight is 260 g/mol. The van der Waals surface area contributed by atoms with E-state index in [-0.39, 0.29) is 11.3 Å². The number of anilines is 1. The monoisotopic (exact) mass is 260 g/mol. The summed E-state index contributed by atoms with van der Waals surface area (Å²) in [6.45, 7) is 9.99.